The quantitative estimate of drug-likeness (QED) is 0.329. The summed E-state index contributed by atoms with van der Waals surface area (Å²) in [6.07, 6.45) is 0. The van der Waals surface area contributed by atoms with E-state index in [4.69, 9.17) is 29.4 Å². The van der Waals surface area contributed by atoms with Gasteiger partial charge in [-0.1, -0.05) is 0 Å². The first-order valence-corrected chi connectivity index (χ1v) is 7.16. The van der Waals surface area contributed by atoms with E-state index in [1.165, 1.54) is 0 Å². The third-order valence-corrected chi connectivity index (χ3v) is 4.03. The second-order valence-electron chi connectivity index (χ2n) is 1.71. The standard InChI is InChI=1S/H7O10P3/c1-11(2,3)9-13(7,8)10-12(4,5)6/h1-3,11H,(H,7,8)(H2,4,5,6). The van der Waals surface area contributed by atoms with Gasteiger partial charge >= 0.3 is 70.9 Å². The van der Waals surface area contributed by atoms with Gasteiger partial charge in [-0.05, 0) is 0 Å². The van der Waals surface area contributed by atoms with E-state index in [2.05, 4.69) is 8.62 Å². The summed E-state index contributed by atoms with van der Waals surface area (Å²) in [6, 6.07) is 0. The Morgan fingerprint density at radius 2 is 1.38 bits per heavy atom. The van der Waals surface area contributed by atoms with E-state index in [-0.39, 0.29) is 0 Å². The Kier molecular flexibility index (Phi) is 4.15. The van der Waals surface area contributed by atoms with Crippen molar-refractivity contribution in [3.05, 3.63) is 0 Å². The molecule has 82 valence electrons. The number of hydrogen-bond acceptors (Lipinski definition) is 7. The molecule has 1 atom stereocenters. The van der Waals surface area contributed by atoms with Gasteiger partial charge in [0.25, 0.3) is 0 Å². The van der Waals surface area contributed by atoms with E-state index in [9.17, 15) is 9.13 Å². The van der Waals surface area contributed by atoms with Crippen LogP contribution in [0, 0.1) is 0 Å². The number of phosphoric acid groups is 2. The molecule has 0 aromatic rings. The molecule has 0 rings (SSSR count). The minimum absolute atomic E-state index is 3.11. The molecule has 6 N–H and O–H groups in total. The summed E-state index contributed by atoms with van der Waals surface area (Å²) in [5.74, 6) is 0. The van der Waals surface area contributed by atoms with E-state index in [0.29, 0.717) is 0 Å². The van der Waals surface area contributed by atoms with Crippen LogP contribution >= 0.6 is 23.8 Å². The molecule has 13 heteroatoms. The predicted octanol–water partition coefficient (Wildman–Crippen LogP) is -1.40. The molecule has 0 saturated carbocycles. The number of hydrogen-bond donors (Lipinski definition) is 6. The Hall–Kier alpha value is 0.570. The summed E-state index contributed by atoms with van der Waals surface area (Å²) in [4.78, 5) is 48.7. The summed E-state index contributed by atoms with van der Waals surface area (Å²) in [5.41, 5.74) is 0. The fraction of sp³-hybridized carbons (Fsp3) is 0. The monoisotopic (exact) mass is 260 g/mol. The second kappa shape index (κ2) is 3.98. The first kappa shape index (κ1) is 13.6. The van der Waals surface area contributed by atoms with Crippen LogP contribution in [0.5, 0.6) is 0 Å². The topological polar surface area (TPSA) is 174 Å². The van der Waals surface area contributed by atoms with Crippen molar-refractivity contribution in [2.75, 3.05) is 0 Å². The van der Waals surface area contributed by atoms with Crippen LogP contribution in [-0.2, 0) is 17.8 Å². The molecule has 0 aromatic heterocycles. The van der Waals surface area contributed by atoms with E-state index in [1.54, 1.807) is 0 Å². The predicted molar refractivity (Wildman–Crippen MR) is 39.0 cm³/mol. The Bertz CT molecular complexity index is 252. The SMILES string of the molecule is O=P(O)(O)OP(=O)(O)O[PH](O)(O)O. The van der Waals surface area contributed by atoms with Gasteiger partial charge in [-0.15, -0.1) is 0 Å². The fourth-order valence-corrected chi connectivity index (χ4v) is 3.05. The third kappa shape index (κ3) is 8.89. The van der Waals surface area contributed by atoms with Crippen molar-refractivity contribution in [3.63, 3.8) is 0 Å². The van der Waals surface area contributed by atoms with Crippen molar-refractivity contribution in [2.24, 2.45) is 0 Å². The van der Waals surface area contributed by atoms with Gasteiger partial charge in [0.1, 0.15) is 0 Å². The molecule has 0 amide bonds. The van der Waals surface area contributed by atoms with Gasteiger partial charge in [-0.25, -0.2) is 0 Å². The summed E-state index contributed by atoms with van der Waals surface area (Å²) >= 11 is 0. The van der Waals surface area contributed by atoms with Gasteiger partial charge in [0.2, 0.25) is 0 Å². The maximum atomic E-state index is 10.4. The van der Waals surface area contributed by atoms with Crippen LogP contribution < -0.4 is 0 Å². The molecular weight excluding hydrogens is 253 g/mol. The molecule has 0 aliphatic heterocycles. The van der Waals surface area contributed by atoms with Gasteiger partial charge < -0.3 is 0 Å². The van der Waals surface area contributed by atoms with Crippen LogP contribution in [0.2, 0.25) is 0 Å². The molecule has 13 heavy (non-hydrogen) atoms. The van der Waals surface area contributed by atoms with Crippen molar-refractivity contribution in [1.29, 1.82) is 0 Å². The van der Waals surface area contributed by atoms with Crippen molar-refractivity contribution >= 4 is 23.8 Å². The van der Waals surface area contributed by atoms with E-state index in [0.717, 1.165) is 0 Å². The van der Waals surface area contributed by atoms with Gasteiger partial charge in [0.15, 0.2) is 0 Å². The first-order chi connectivity index (χ1) is 5.41. The summed E-state index contributed by atoms with van der Waals surface area (Å²) < 4.78 is 26.7. The Morgan fingerprint density at radius 3 is 1.62 bits per heavy atom. The minimum atomic E-state index is -5.39. The van der Waals surface area contributed by atoms with Crippen molar-refractivity contribution in [2.45, 2.75) is 0 Å². The molecule has 0 heterocycles. The Labute approximate surface area is 71.9 Å². The molecule has 0 bridgehead atoms. The van der Waals surface area contributed by atoms with Gasteiger partial charge in [-0.3, -0.25) is 0 Å². The zero-order valence-corrected chi connectivity index (χ0v) is 8.50. The molecule has 0 radical (unpaired) electrons. The molecule has 0 fully saturated rings. The average molecular weight is 260 g/mol. The zero-order valence-electron chi connectivity index (χ0n) is 5.71. The van der Waals surface area contributed by atoms with E-state index >= 15 is 0 Å². The maximum absolute atomic E-state index is 10.4. The molecule has 0 aliphatic carbocycles. The number of rotatable bonds is 4. The molecule has 0 saturated heterocycles. The molecular formula is H7O10P3. The van der Waals surface area contributed by atoms with Gasteiger partial charge in [0, 0.05) is 0 Å². The van der Waals surface area contributed by atoms with Crippen LogP contribution in [0.15, 0.2) is 0 Å². The second-order valence-corrected chi connectivity index (χ2v) is 6.16. The van der Waals surface area contributed by atoms with Crippen LogP contribution in [0.25, 0.3) is 0 Å². The molecule has 0 spiro atoms. The zero-order chi connectivity index (χ0) is 10.9. The molecule has 10 nitrogen and oxygen atoms in total. The summed E-state index contributed by atoms with van der Waals surface area (Å²) in [6.45, 7) is 0. The van der Waals surface area contributed by atoms with E-state index < -0.39 is 23.8 Å². The Balaban J connectivity index is 4.44. The average Bonchev–Trinajstić information content (AvgIpc) is 1.43. The molecule has 0 aromatic carbocycles. The summed E-state index contributed by atoms with van der Waals surface area (Å²) in [5, 5.41) is 0. The van der Waals surface area contributed by atoms with Crippen molar-refractivity contribution in [3.8, 4) is 0 Å². The normalized spacial score (nSPS) is 19.5. The third-order valence-electron chi connectivity index (χ3n) is 0.447. The van der Waals surface area contributed by atoms with Gasteiger partial charge in [-0.2, -0.15) is 0 Å². The Morgan fingerprint density at radius 1 is 1.00 bits per heavy atom. The molecule has 1 unspecified atom stereocenters. The van der Waals surface area contributed by atoms with E-state index in [1.807, 2.05) is 0 Å². The first-order valence-electron chi connectivity index (χ1n) is 2.39. The molecule has 0 aliphatic rings. The van der Waals surface area contributed by atoms with Crippen LogP contribution in [-0.4, -0.2) is 29.4 Å². The van der Waals surface area contributed by atoms with Crippen molar-refractivity contribution in [1.82, 2.24) is 0 Å². The van der Waals surface area contributed by atoms with Crippen molar-refractivity contribution < 1.29 is 47.1 Å². The van der Waals surface area contributed by atoms with Crippen LogP contribution in [0.3, 0.4) is 0 Å². The summed E-state index contributed by atoms with van der Waals surface area (Å²) in [7, 11) is -16.1. The van der Waals surface area contributed by atoms with Crippen LogP contribution in [0.4, 0.5) is 0 Å². The van der Waals surface area contributed by atoms with Crippen LogP contribution in [0.1, 0.15) is 0 Å². The fourth-order valence-electron chi connectivity index (χ4n) is 0.306. The van der Waals surface area contributed by atoms with Gasteiger partial charge in [0.05, 0.1) is 0 Å².